The van der Waals surface area contributed by atoms with Crippen LogP contribution in [0.4, 0.5) is 0 Å². The highest BCUT2D eigenvalue weighted by molar-refractivity contribution is 6.17. The Morgan fingerprint density at radius 3 is 2.33 bits per heavy atom. The van der Waals surface area contributed by atoms with Crippen molar-refractivity contribution < 1.29 is 9.47 Å². The van der Waals surface area contributed by atoms with Crippen molar-refractivity contribution in [1.29, 1.82) is 0 Å². The molecular formula is C6H13ClO2. The molecule has 0 bridgehead atoms. The number of halogens is 1. The van der Waals surface area contributed by atoms with Gasteiger partial charge in [0, 0.05) is 7.11 Å². The Morgan fingerprint density at radius 2 is 2.00 bits per heavy atom. The minimum atomic E-state index is -0.213. The van der Waals surface area contributed by atoms with Crippen molar-refractivity contribution in [3.05, 3.63) is 0 Å². The number of ether oxygens (including phenoxy) is 2. The number of rotatable bonds is 4. The predicted molar refractivity (Wildman–Crippen MR) is 37.8 cm³/mol. The van der Waals surface area contributed by atoms with Gasteiger partial charge < -0.3 is 9.47 Å². The maximum atomic E-state index is 5.29. The van der Waals surface area contributed by atoms with Gasteiger partial charge in [0.1, 0.15) is 6.07 Å². The fraction of sp³-hybridized carbons (Fsp3) is 1.00. The molecule has 0 aliphatic carbocycles. The molecule has 9 heavy (non-hydrogen) atoms. The molecular weight excluding hydrogens is 140 g/mol. The summed E-state index contributed by atoms with van der Waals surface area (Å²) in [4.78, 5) is 0. The van der Waals surface area contributed by atoms with Crippen LogP contribution in [0.2, 0.25) is 0 Å². The lowest BCUT2D eigenvalue weighted by Gasteiger charge is -2.21. The number of alkyl halides is 1. The van der Waals surface area contributed by atoms with E-state index in [1.165, 1.54) is 0 Å². The summed E-state index contributed by atoms with van der Waals surface area (Å²) in [6.45, 7) is 4.42. The van der Waals surface area contributed by atoms with E-state index >= 15 is 0 Å². The van der Waals surface area contributed by atoms with Gasteiger partial charge in [-0.1, -0.05) is 11.6 Å². The summed E-state index contributed by atoms with van der Waals surface area (Å²) < 4.78 is 9.99. The first-order chi connectivity index (χ1) is 4.12. The Kier molecular flexibility index (Phi) is 4.19. The van der Waals surface area contributed by atoms with Gasteiger partial charge in [0.25, 0.3) is 0 Å². The summed E-state index contributed by atoms with van der Waals surface area (Å²) in [5.74, 6) is 0. The molecule has 0 unspecified atom stereocenters. The van der Waals surface area contributed by atoms with Crippen LogP contribution in [0.15, 0.2) is 0 Å². The lowest BCUT2D eigenvalue weighted by Crippen LogP contribution is -2.28. The molecule has 0 aliphatic heterocycles. The molecule has 3 heteroatoms. The highest BCUT2D eigenvalue weighted by atomic mass is 35.5. The molecule has 0 saturated heterocycles. The molecule has 0 aromatic carbocycles. The van der Waals surface area contributed by atoms with Gasteiger partial charge in [-0.05, 0) is 13.8 Å². The maximum Gasteiger partial charge on any atom is 0.120 e. The maximum absolute atomic E-state index is 5.29. The van der Waals surface area contributed by atoms with Crippen LogP contribution < -0.4 is 0 Å². The van der Waals surface area contributed by atoms with Crippen molar-refractivity contribution in [2.45, 2.75) is 19.4 Å². The van der Waals surface area contributed by atoms with Gasteiger partial charge >= 0.3 is 0 Å². The molecule has 0 atom stereocenters. The first-order valence-electron chi connectivity index (χ1n) is 2.81. The molecule has 0 spiro atoms. The molecule has 0 fully saturated rings. The summed E-state index contributed by atoms with van der Waals surface area (Å²) in [6, 6.07) is 0.229. The van der Waals surface area contributed by atoms with Crippen molar-refractivity contribution in [2.24, 2.45) is 0 Å². The van der Waals surface area contributed by atoms with E-state index in [2.05, 4.69) is 0 Å². The van der Waals surface area contributed by atoms with Crippen molar-refractivity contribution in [1.82, 2.24) is 0 Å². The molecule has 0 saturated carbocycles. The zero-order valence-electron chi connectivity index (χ0n) is 6.11. The van der Waals surface area contributed by atoms with E-state index in [1.807, 2.05) is 13.8 Å². The highest BCUT2D eigenvalue weighted by Gasteiger charge is 2.15. The van der Waals surface area contributed by atoms with E-state index in [0.717, 1.165) is 0 Å². The fourth-order valence-corrected chi connectivity index (χ4v) is 0.420. The van der Waals surface area contributed by atoms with Crippen LogP contribution in [0, 0.1) is 0 Å². The molecule has 0 aromatic rings. The topological polar surface area (TPSA) is 18.5 Å². The van der Waals surface area contributed by atoms with Crippen LogP contribution in [0.25, 0.3) is 0 Å². The predicted octanol–water partition coefficient (Wildman–Crippen LogP) is 1.62. The van der Waals surface area contributed by atoms with Crippen LogP contribution >= 0.6 is 11.6 Å². The third-order valence-electron chi connectivity index (χ3n) is 1.08. The van der Waals surface area contributed by atoms with Gasteiger partial charge in [-0.25, -0.2) is 0 Å². The summed E-state index contributed by atoms with van der Waals surface area (Å²) in [5.41, 5.74) is -0.213. The van der Waals surface area contributed by atoms with Gasteiger partial charge in [0.2, 0.25) is 0 Å². The van der Waals surface area contributed by atoms with E-state index in [0.29, 0.717) is 6.61 Å². The normalized spacial score (nSPS) is 12.0. The average Bonchev–Trinajstić information content (AvgIpc) is 1.84. The number of hydrogen-bond donors (Lipinski definition) is 0. The lowest BCUT2D eigenvalue weighted by molar-refractivity contribution is -0.0411. The molecule has 0 heterocycles. The van der Waals surface area contributed by atoms with Gasteiger partial charge in [-0.15, -0.1) is 0 Å². The smallest absolute Gasteiger partial charge is 0.120 e. The Morgan fingerprint density at radius 1 is 1.44 bits per heavy atom. The van der Waals surface area contributed by atoms with Gasteiger partial charge in [0.05, 0.1) is 12.2 Å². The van der Waals surface area contributed by atoms with Crippen molar-refractivity contribution in [3.8, 4) is 0 Å². The Balaban J connectivity index is 3.33. The average molecular weight is 153 g/mol. The van der Waals surface area contributed by atoms with Gasteiger partial charge in [0.15, 0.2) is 0 Å². The zero-order valence-corrected chi connectivity index (χ0v) is 6.86. The van der Waals surface area contributed by atoms with Crippen LogP contribution in [0.5, 0.6) is 0 Å². The minimum absolute atomic E-state index is 0.213. The van der Waals surface area contributed by atoms with E-state index in [1.54, 1.807) is 7.11 Å². The van der Waals surface area contributed by atoms with Gasteiger partial charge in [-0.2, -0.15) is 0 Å². The van der Waals surface area contributed by atoms with Crippen LogP contribution in [-0.2, 0) is 9.47 Å². The fourth-order valence-electron chi connectivity index (χ4n) is 0.343. The monoisotopic (exact) mass is 152 g/mol. The van der Waals surface area contributed by atoms with Crippen LogP contribution in [0.1, 0.15) is 13.8 Å². The Bertz CT molecular complexity index is 73.5. The van der Waals surface area contributed by atoms with E-state index in [4.69, 9.17) is 21.1 Å². The van der Waals surface area contributed by atoms with E-state index in [-0.39, 0.29) is 11.7 Å². The SMILES string of the molecule is COC(C)(C)COCCl. The van der Waals surface area contributed by atoms with Crippen LogP contribution in [-0.4, -0.2) is 25.4 Å². The second-order valence-corrected chi connectivity index (χ2v) is 2.64. The molecule has 56 valence electrons. The highest BCUT2D eigenvalue weighted by Crippen LogP contribution is 2.07. The summed E-state index contributed by atoms with van der Waals surface area (Å²) in [5, 5.41) is 0. The number of hydrogen-bond acceptors (Lipinski definition) is 2. The molecule has 0 N–H and O–H groups in total. The Labute approximate surface area is 61.1 Å². The molecule has 2 nitrogen and oxygen atoms in total. The first kappa shape index (κ1) is 9.21. The summed E-state index contributed by atoms with van der Waals surface area (Å²) >= 11 is 5.29. The molecule has 0 aromatic heterocycles. The zero-order chi connectivity index (χ0) is 7.33. The Hall–Kier alpha value is 0.210. The second kappa shape index (κ2) is 4.09. The van der Waals surface area contributed by atoms with Crippen molar-refractivity contribution in [2.75, 3.05) is 19.8 Å². The largest absolute Gasteiger partial charge is 0.376 e. The quantitative estimate of drug-likeness (QED) is 0.570. The molecule has 0 rings (SSSR count). The third-order valence-corrected chi connectivity index (χ3v) is 1.23. The minimum Gasteiger partial charge on any atom is -0.376 e. The number of methoxy groups -OCH3 is 1. The van der Waals surface area contributed by atoms with E-state index < -0.39 is 0 Å². The summed E-state index contributed by atoms with van der Waals surface area (Å²) in [6.07, 6.45) is 0. The molecule has 0 radical (unpaired) electrons. The van der Waals surface area contributed by atoms with Gasteiger partial charge in [-0.3, -0.25) is 0 Å². The third kappa shape index (κ3) is 4.70. The lowest BCUT2D eigenvalue weighted by atomic mass is 10.2. The van der Waals surface area contributed by atoms with Crippen molar-refractivity contribution >= 4 is 11.6 Å². The second-order valence-electron chi connectivity index (χ2n) is 2.42. The first-order valence-corrected chi connectivity index (χ1v) is 3.35. The van der Waals surface area contributed by atoms with Crippen molar-refractivity contribution in [3.63, 3.8) is 0 Å². The standard InChI is InChI=1S/C6H13ClO2/c1-6(2,8-3)4-9-5-7/h4-5H2,1-3H3. The summed E-state index contributed by atoms with van der Waals surface area (Å²) in [7, 11) is 1.65. The van der Waals surface area contributed by atoms with E-state index in [9.17, 15) is 0 Å². The van der Waals surface area contributed by atoms with Crippen LogP contribution in [0.3, 0.4) is 0 Å². The molecule has 0 amide bonds. The molecule has 0 aliphatic rings.